The molecule has 2 N–H and O–H groups in total. The molecule has 7 nitrogen and oxygen atoms in total. The maximum absolute atomic E-state index is 12.0. The Balaban J connectivity index is 1.32. The Morgan fingerprint density at radius 1 is 0.897 bits per heavy atom. The second-order valence-corrected chi connectivity index (χ2v) is 9.29. The highest BCUT2D eigenvalue weighted by Gasteiger charge is 2.20. The molecule has 0 radical (unpaired) electrons. The van der Waals surface area contributed by atoms with Crippen molar-refractivity contribution in [3.63, 3.8) is 0 Å². The number of nitrogens with one attached hydrogen (secondary N) is 1. The van der Waals surface area contributed by atoms with Crippen LogP contribution in [0.25, 0.3) is 0 Å². The number of nitrogens with zero attached hydrogens (tertiary/aromatic N) is 1. The Hall–Kier alpha value is -4.49. The van der Waals surface area contributed by atoms with E-state index in [0.29, 0.717) is 50.0 Å². The highest BCUT2D eigenvalue weighted by atomic mass is 16.5. The van der Waals surface area contributed by atoms with E-state index in [9.17, 15) is 9.90 Å². The van der Waals surface area contributed by atoms with Gasteiger partial charge in [-0.15, -0.1) is 0 Å². The zero-order chi connectivity index (χ0) is 27.0. The van der Waals surface area contributed by atoms with Gasteiger partial charge >= 0.3 is 5.97 Å². The smallest absolute Gasteiger partial charge is 0.337 e. The topological polar surface area (TPSA) is 80.3 Å². The molecule has 0 amide bonds. The fraction of sp³-hybridized carbons (Fsp3) is 0.219. The van der Waals surface area contributed by atoms with Crippen molar-refractivity contribution in [1.29, 1.82) is 0 Å². The molecule has 0 spiro atoms. The van der Waals surface area contributed by atoms with Gasteiger partial charge in [-0.3, -0.25) is 0 Å². The molecule has 0 aromatic heterocycles. The van der Waals surface area contributed by atoms with Gasteiger partial charge in [0.2, 0.25) is 0 Å². The summed E-state index contributed by atoms with van der Waals surface area (Å²) in [6, 6.07) is 31.5. The van der Waals surface area contributed by atoms with Crippen molar-refractivity contribution in [2.75, 3.05) is 43.6 Å². The van der Waals surface area contributed by atoms with Gasteiger partial charge in [0.25, 0.3) is 0 Å². The lowest BCUT2D eigenvalue weighted by Crippen LogP contribution is -2.37. The number of ether oxygens (including phenoxy) is 3. The summed E-state index contributed by atoms with van der Waals surface area (Å²) >= 11 is 0. The quantitative estimate of drug-likeness (QED) is 0.263. The second kappa shape index (κ2) is 12.4. The van der Waals surface area contributed by atoms with Crippen LogP contribution in [0.2, 0.25) is 0 Å². The van der Waals surface area contributed by atoms with Crippen LogP contribution in [0, 0.1) is 0 Å². The zero-order valence-corrected chi connectivity index (χ0v) is 21.9. The van der Waals surface area contributed by atoms with Gasteiger partial charge in [0.05, 0.1) is 31.6 Å². The molecular weight excluding hydrogens is 492 g/mol. The molecule has 0 aliphatic carbocycles. The molecule has 39 heavy (non-hydrogen) atoms. The Morgan fingerprint density at radius 2 is 1.56 bits per heavy atom. The summed E-state index contributed by atoms with van der Waals surface area (Å²) < 4.78 is 17.6. The van der Waals surface area contributed by atoms with Gasteiger partial charge in [-0.25, -0.2) is 4.79 Å². The lowest BCUT2D eigenvalue weighted by Gasteiger charge is -2.30. The van der Waals surface area contributed by atoms with Crippen molar-refractivity contribution in [3.8, 4) is 11.5 Å². The van der Waals surface area contributed by atoms with Crippen LogP contribution >= 0.6 is 0 Å². The highest BCUT2D eigenvalue weighted by Crippen LogP contribution is 2.35. The molecule has 1 aliphatic rings. The fourth-order valence-electron chi connectivity index (χ4n) is 4.73. The first kappa shape index (κ1) is 26.1. The average Bonchev–Trinajstić information content (AvgIpc) is 3.00. The molecule has 0 atom stereocenters. The molecule has 4 aromatic rings. The van der Waals surface area contributed by atoms with Gasteiger partial charge in [-0.1, -0.05) is 66.7 Å². The Labute approximate surface area is 228 Å². The Bertz CT molecular complexity index is 1350. The number of aromatic carboxylic acids is 1. The summed E-state index contributed by atoms with van der Waals surface area (Å²) in [4.78, 5) is 14.0. The van der Waals surface area contributed by atoms with E-state index in [2.05, 4.69) is 34.5 Å². The van der Waals surface area contributed by atoms with Gasteiger partial charge in [0.1, 0.15) is 6.10 Å². The van der Waals surface area contributed by atoms with Crippen molar-refractivity contribution >= 4 is 17.3 Å². The highest BCUT2D eigenvalue weighted by molar-refractivity contribution is 5.95. The van der Waals surface area contributed by atoms with Crippen molar-refractivity contribution in [3.05, 3.63) is 119 Å². The molecule has 0 bridgehead atoms. The van der Waals surface area contributed by atoms with Crippen LogP contribution in [0.3, 0.4) is 0 Å². The van der Waals surface area contributed by atoms with E-state index < -0.39 is 5.97 Å². The number of benzene rings is 4. The van der Waals surface area contributed by atoms with Crippen LogP contribution in [-0.4, -0.2) is 44.5 Å². The van der Waals surface area contributed by atoms with Crippen LogP contribution in [0.4, 0.5) is 11.4 Å². The van der Waals surface area contributed by atoms with Gasteiger partial charge < -0.3 is 29.5 Å². The first-order valence-corrected chi connectivity index (χ1v) is 13.0. The summed E-state index contributed by atoms with van der Waals surface area (Å²) in [7, 11) is 1.63. The summed E-state index contributed by atoms with van der Waals surface area (Å²) in [5, 5.41) is 13.2. The molecule has 1 fully saturated rings. The van der Waals surface area contributed by atoms with Crippen molar-refractivity contribution < 1.29 is 24.1 Å². The van der Waals surface area contributed by atoms with Gasteiger partial charge in [0.15, 0.2) is 11.5 Å². The summed E-state index contributed by atoms with van der Waals surface area (Å²) in [6.45, 7) is 3.04. The normalized spacial score (nSPS) is 13.2. The van der Waals surface area contributed by atoms with E-state index in [4.69, 9.17) is 14.2 Å². The van der Waals surface area contributed by atoms with Crippen LogP contribution in [0.1, 0.15) is 33.2 Å². The molecule has 1 heterocycles. The third-order valence-corrected chi connectivity index (χ3v) is 6.75. The largest absolute Gasteiger partial charge is 0.493 e. The number of hydrogen-bond acceptors (Lipinski definition) is 6. The average molecular weight is 525 g/mol. The molecule has 0 unspecified atom stereocenters. The minimum absolute atomic E-state index is 0.274. The van der Waals surface area contributed by atoms with E-state index in [1.807, 2.05) is 66.7 Å². The Kier molecular flexibility index (Phi) is 8.29. The second-order valence-electron chi connectivity index (χ2n) is 9.29. The van der Waals surface area contributed by atoms with E-state index in [1.165, 1.54) is 0 Å². The Morgan fingerprint density at radius 3 is 2.18 bits per heavy atom. The van der Waals surface area contributed by atoms with E-state index in [1.54, 1.807) is 13.2 Å². The first-order valence-electron chi connectivity index (χ1n) is 13.0. The van der Waals surface area contributed by atoms with Crippen LogP contribution < -0.4 is 19.7 Å². The van der Waals surface area contributed by atoms with E-state index in [0.717, 1.165) is 22.4 Å². The summed E-state index contributed by atoms with van der Waals surface area (Å²) in [5.41, 5.74) is 4.79. The molecular formula is C32H32N2O5. The van der Waals surface area contributed by atoms with Gasteiger partial charge in [-0.05, 0) is 47.0 Å². The predicted octanol–water partition coefficient (Wildman–Crippen LogP) is 6.01. The number of morpholine rings is 1. The maximum atomic E-state index is 12.0. The number of carboxylic acids is 1. The minimum atomic E-state index is -0.949. The number of carboxylic acid groups (broad SMARTS) is 1. The molecule has 1 saturated heterocycles. The lowest BCUT2D eigenvalue weighted by atomic mass is 10.0. The zero-order valence-electron chi connectivity index (χ0n) is 21.9. The lowest BCUT2D eigenvalue weighted by molar-refractivity contribution is 0.0696. The maximum Gasteiger partial charge on any atom is 0.337 e. The predicted molar refractivity (Wildman–Crippen MR) is 152 cm³/mol. The molecule has 1 aliphatic heterocycles. The number of methoxy groups -OCH3 is 1. The number of anilines is 2. The van der Waals surface area contributed by atoms with Crippen molar-refractivity contribution in [2.45, 2.75) is 12.6 Å². The SMILES string of the molecule is COc1cc(CNc2ccc(N3CCOCC3)c(C(=O)O)c2)ccc1OC(c1ccccc1)c1ccccc1. The van der Waals surface area contributed by atoms with Crippen molar-refractivity contribution in [1.82, 2.24) is 0 Å². The third-order valence-electron chi connectivity index (χ3n) is 6.75. The third kappa shape index (κ3) is 6.33. The fourth-order valence-corrected chi connectivity index (χ4v) is 4.73. The molecule has 0 saturated carbocycles. The standard InChI is InChI=1S/C32H32N2O5/c1-37-30-20-23(22-33-26-13-14-28(27(21-26)32(35)36)34-16-18-38-19-17-34)12-15-29(30)39-31(24-8-4-2-5-9-24)25-10-6-3-7-11-25/h2-15,20-21,31,33H,16-19,22H2,1H3,(H,35,36). The van der Waals surface area contributed by atoms with Crippen LogP contribution in [0.15, 0.2) is 97.1 Å². The van der Waals surface area contributed by atoms with Crippen LogP contribution in [0.5, 0.6) is 11.5 Å². The molecule has 4 aromatic carbocycles. The summed E-state index contributed by atoms with van der Waals surface area (Å²) in [6.07, 6.45) is -0.287. The molecule has 7 heteroatoms. The molecule has 5 rings (SSSR count). The first-order chi connectivity index (χ1) is 19.1. The number of rotatable bonds is 10. The monoisotopic (exact) mass is 524 g/mol. The van der Waals surface area contributed by atoms with E-state index in [-0.39, 0.29) is 11.7 Å². The minimum Gasteiger partial charge on any atom is -0.493 e. The van der Waals surface area contributed by atoms with Gasteiger partial charge in [-0.2, -0.15) is 0 Å². The van der Waals surface area contributed by atoms with E-state index >= 15 is 0 Å². The number of carbonyl (C=O) groups is 1. The number of hydrogen-bond donors (Lipinski definition) is 2. The molecule has 200 valence electrons. The van der Waals surface area contributed by atoms with Gasteiger partial charge in [0, 0.05) is 25.3 Å². The van der Waals surface area contributed by atoms with Crippen molar-refractivity contribution in [2.24, 2.45) is 0 Å². The summed E-state index contributed by atoms with van der Waals surface area (Å²) in [5.74, 6) is 0.316. The van der Waals surface area contributed by atoms with Crippen LogP contribution in [-0.2, 0) is 11.3 Å².